The molecule has 2 aliphatic heterocycles. The average molecular weight is 427 g/mol. The van der Waals surface area contributed by atoms with Gasteiger partial charge >= 0.3 is 5.97 Å². The molecule has 0 aromatic rings. The molecule has 2 heterocycles. The number of carbonyl (C=O) groups excluding carboxylic acids is 4. The van der Waals surface area contributed by atoms with Crippen LogP contribution in [-0.2, 0) is 24.0 Å². The molecule has 2 aliphatic rings. The van der Waals surface area contributed by atoms with Gasteiger partial charge in [0.2, 0.25) is 23.6 Å². The van der Waals surface area contributed by atoms with E-state index in [-0.39, 0.29) is 13.0 Å². The third kappa shape index (κ3) is 5.89. The van der Waals surface area contributed by atoms with Crippen LogP contribution in [0.5, 0.6) is 0 Å². The zero-order valence-corrected chi connectivity index (χ0v) is 16.8. The number of amides is 4. The third-order valence-electron chi connectivity index (χ3n) is 5.28. The van der Waals surface area contributed by atoms with Crippen molar-refractivity contribution in [1.29, 1.82) is 0 Å². The lowest BCUT2D eigenvalue weighted by molar-refractivity contribution is -0.147. The van der Waals surface area contributed by atoms with Gasteiger partial charge in [0.1, 0.15) is 12.1 Å². The largest absolute Gasteiger partial charge is 0.480 e. The van der Waals surface area contributed by atoms with Crippen molar-refractivity contribution < 1.29 is 34.2 Å². The highest BCUT2D eigenvalue weighted by molar-refractivity contribution is 5.96. The highest BCUT2D eigenvalue weighted by Crippen LogP contribution is 2.20. The molecule has 168 valence electrons. The van der Waals surface area contributed by atoms with E-state index in [2.05, 4.69) is 16.0 Å². The van der Waals surface area contributed by atoms with Crippen molar-refractivity contribution in [2.75, 3.05) is 13.1 Å². The summed E-state index contributed by atoms with van der Waals surface area (Å²) >= 11 is 0. The molecular weight excluding hydrogens is 398 g/mol. The zero-order valence-electron chi connectivity index (χ0n) is 16.8. The molecule has 0 aromatic carbocycles. The molecule has 12 nitrogen and oxygen atoms in total. The molecular formula is C18H29N5O7. The number of nitrogens with two attached hydrogens (primary N) is 1. The van der Waals surface area contributed by atoms with Crippen LogP contribution in [0.1, 0.15) is 39.0 Å². The smallest absolute Gasteiger partial charge is 0.328 e. The first kappa shape index (κ1) is 23.5. The summed E-state index contributed by atoms with van der Waals surface area (Å²) in [6.07, 6.45) is 0.428. The molecule has 30 heavy (non-hydrogen) atoms. The highest BCUT2D eigenvalue weighted by atomic mass is 16.4. The van der Waals surface area contributed by atoms with E-state index in [4.69, 9.17) is 10.8 Å². The van der Waals surface area contributed by atoms with E-state index in [9.17, 15) is 29.1 Å². The number of carboxylic acids is 1. The Morgan fingerprint density at radius 3 is 2.37 bits per heavy atom. The summed E-state index contributed by atoms with van der Waals surface area (Å²) in [5, 5.41) is 26.5. The Labute approximate surface area is 173 Å². The Morgan fingerprint density at radius 2 is 1.83 bits per heavy atom. The van der Waals surface area contributed by atoms with E-state index >= 15 is 0 Å². The van der Waals surface area contributed by atoms with E-state index in [0.29, 0.717) is 19.4 Å². The number of aliphatic hydroxyl groups is 1. The fourth-order valence-corrected chi connectivity index (χ4v) is 3.72. The van der Waals surface area contributed by atoms with Crippen LogP contribution < -0.4 is 21.7 Å². The maximum absolute atomic E-state index is 13.0. The molecule has 7 N–H and O–H groups in total. The summed E-state index contributed by atoms with van der Waals surface area (Å²) in [6, 6.07) is -4.19. The molecule has 5 atom stereocenters. The lowest BCUT2D eigenvalue weighted by atomic mass is 10.1. The van der Waals surface area contributed by atoms with Crippen LogP contribution >= 0.6 is 0 Å². The van der Waals surface area contributed by atoms with Crippen molar-refractivity contribution in [1.82, 2.24) is 20.9 Å². The molecule has 0 spiro atoms. The van der Waals surface area contributed by atoms with Crippen molar-refractivity contribution in [3.63, 3.8) is 0 Å². The summed E-state index contributed by atoms with van der Waals surface area (Å²) in [4.78, 5) is 61.9. The topological polar surface area (TPSA) is 191 Å². The number of hydrogen-bond acceptors (Lipinski definition) is 7. The lowest BCUT2D eigenvalue weighted by Crippen LogP contribution is -2.58. The molecule has 0 bridgehead atoms. The van der Waals surface area contributed by atoms with Gasteiger partial charge in [-0.15, -0.1) is 0 Å². The van der Waals surface area contributed by atoms with Gasteiger partial charge < -0.3 is 36.8 Å². The van der Waals surface area contributed by atoms with Crippen molar-refractivity contribution in [3.05, 3.63) is 0 Å². The number of aliphatic hydroxyl groups excluding tert-OH is 1. The zero-order chi connectivity index (χ0) is 22.4. The van der Waals surface area contributed by atoms with Crippen molar-refractivity contribution in [2.45, 2.75) is 69.3 Å². The van der Waals surface area contributed by atoms with Gasteiger partial charge in [0.25, 0.3) is 0 Å². The van der Waals surface area contributed by atoms with E-state index in [0.717, 1.165) is 6.42 Å². The molecule has 5 unspecified atom stereocenters. The molecule has 2 saturated heterocycles. The fraction of sp³-hybridized carbons (Fsp3) is 0.722. The van der Waals surface area contributed by atoms with Crippen LogP contribution in [0.25, 0.3) is 0 Å². The summed E-state index contributed by atoms with van der Waals surface area (Å²) in [7, 11) is 0. The Morgan fingerprint density at radius 1 is 1.13 bits per heavy atom. The number of primary amides is 1. The van der Waals surface area contributed by atoms with Crippen LogP contribution in [0.2, 0.25) is 0 Å². The molecule has 12 heteroatoms. The van der Waals surface area contributed by atoms with Crippen molar-refractivity contribution in [3.8, 4) is 0 Å². The van der Waals surface area contributed by atoms with E-state index in [1.54, 1.807) is 0 Å². The Balaban J connectivity index is 2.10. The average Bonchev–Trinajstić information content (AvgIpc) is 3.35. The first-order chi connectivity index (χ1) is 14.1. The van der Waals surface area contributed by atoms with Crippen LogP contribution in [-0.4, -0.2) is 88.1 Å². The summed E-state index contributed by atoms with van der Waals surface area (Å²) in [6.45, 7) is 2.11. The van der Waals surface area contributed by atoms with Crippen LogP contribution in [0.3, 0.4) is 0 Å². The van der Waals surface area contributed by atoms with Gasteiger partial charge in [0.05, 0.1) is 18.6 Å². The van der Waals surface area contributed by atoms with Gasteiger partial charge in [-0.1, -0.05) is 0 Å². The SMILES string of the molecule is CC(O)C(NC(=O)C1CCCN1C(=O)C(CC(N)=O)NC(=O)C1CCCN1)C(=O)O. The van der Waals surface area contributed by atoms with Crippen molar-refractivity contribution in [2.24, 2.45) is 5.73 Å². The molecule has 4 amide bonds. The van der Waals surface area contributed by atoms with Gasteiger partial charge in [-0.05, 0) is 39.2 Å². The summed E-state index contributed by atoms with van der Waals surface area (Å²) < 4.78 is 0. The Bertz CT molecular complexity index is 692. The monoisotopic (exact) mass is 427 g/mol. The summed E-state index contributed by atoms with van der Waals surface area (Å²) in [5.74, 6) is -3.98. The Hall–Kier alpha value is -2.73. The molecule has 0 aromatic heterocycles. The van der Waals surface area contributed by atoms with Gasteiger partial charge in [-0.2, -0.15) is 0 Å². The standard InChI is InChI=1S/C18H29N5O7/c1-9(24)14(18(29)30)22-16(27)12-5-3-7-23(12)17(28)11(8-13(19)25)21-15(26)10-4-2-6-20-10/h9-12,14,20,24H,2-8H2,1H3,(H2,19,25)(H,21,26)(H,22,27)(H,29,30). The second kappa shape index (κ2) is 10.3. The number of carboxylic acid groups (broad SMARTS) is 1. The van der Waals surface area contributed by atoms with Gasteiger partial charge in [0, 0.05) is 6.54 Å². The normalized spacial score (nSPS) is 24.0. The number of nitrogens with zero attached hydrogens (tertiary/aromatic N) is 1. The molecule has 2 fully saturated rings. The number of carbonyl (C=O) groups is 5. The van der Waals surface area contributed by atoms with E-state index < -0.39 is 66.3 Å². The van der Waals surface area contributed by atoms with Gasteiger partial charge in [0.15, 0.2) is 6.04 Å². The highest BCUT2D eigenvalue weighted by Gasteiger charge is 2.40. The lowest BCUT2D eigenvalue weighted by Gasteiger charge is -2.29. The first-order valence-electron chi connectivity index (χ1n) is 9.95. The molecule has 0 aliphatic carbocycles. The molecule has 0 radical (unpaired) electrons. The number of likely N-dealkylation sites (tertiary alicyclic amines) is 1. The quantitative estimate of drug-likeness (QED) is 0.225. The first-order valence-corrected chi connectivity index (χ1v) is 9.95. The predicted molar refractivity (Wildman–Crippen MR) is 103 cm³/mol. The van der Waals surface area contributed by atoms with Crippen LogP contribution in [0.15, 0.2) is 0 Å². The number of nitrogens with one attached hydrogen (secondary N) is 3. The fourth-order valence-electron chi connectivity index (χ4n) is 3.72. The minimum atomic E-state index is -1.52. The maximum Gasteiger partial charge on any atom is 0.328 e. The van der Waals surface area contributed by atoms with E-state index in [1.807, 2.05) is 0 Å². The number of aliphatic carboxylic acids is 1. The van der Waals surface area contributed by atoms with Crippen LogP contribution in [0.4, 0.5) is 0 Å². The number of hydrogen-bond donors (Lipinski definition) is 6. The van der Waals surface area contributed by atoms with E-state index in [1.165, 1.54) is 11.8 Å². The minimum absolute atomic E-state index is 0.205. The maximum atomic E-state index is 13.0. The Kier molecular flexibility index (Phi) is 8.12. The van der Waals surface area contributed by atoms with Gasteiger partial charge in [-0.3, -0.25) is 19.2 Å². The van der Waals surface area contributed by atoms with Gasteiger partial charge in [-0.25, -0.2) is 4.79 Å². The number of rotatable bonds is 9. The third-order valence-corrected chi connectivity index (χ3v) is 5.28. The van der Waals surface area contributed by atoms with Crippen molar-refractivity contribution >= 4 is 29.6 Å². The second-order valence-corrected chi connectivity index (χ2v) is 7.64. The summed E-state index contributed by atoms with van der Waals surface area (Å²) in [5.41, 5.74) is 5.24. The minimum Gasteiger partial charge on any atom is -0.480 e. The predicted octanol–water partition coefficient (Wildman–Crippen LogP) is -2.96. The second-order valence-electron chi connectivity index (χ2n) is 7.64. The van der Waals surface area contributed by atoms with Crippen LogP contribution in [0, 0.1) is 0 Å². The molecule has 0 saturated carbocycles. The molecule has 2 rings (SSSR count).